The zero-order valence-corrected chi connectivity index (χ0v) is 13.6. The van der Waals surface area contributed by atoms with Gasteiger partial charge in [-0.1, -0.05) is 45.9 Å². The van der Waals surface area contributed by atoms with Gasteiger partial charge in [0.1, 0.15) is 0 Å². The first-order valence-corrected chi connectivity index (χ1v) is 8.10. The summed E-state index contributed by atoms with van der Waals surface area (Å²) in [6.07, 6.45) is 3.71. The van der Waals surface area contributed by atoms with E-state index in [2.05, 4.69) is 62.2 Å². The number of rotatable bonds is 2. The quantitative estimate of drug-likeness (QED) is 0.878. The second-order valence-corrected chi connectivity index (χ2v) is 6.96. The lowest BCUT2D eigenvalue weighted by Crippen LogP contribution is -2.40. The van der Waals surface area contributed by atoms with Crippen LogP contribution >= 0.6 is 0 Å². The van der Waals surface area contributed by atoms with Crippen LogP contribution in [0.2, 0.25) is 0 Å². The first kappa shape index (κ1) is 15.4. The van der Waals surface area contributed by atoms with E-state index in [-0.39, 0.29) is 5.41 Å². The molecule has 0 saturated carbocycles. The first-order chi connectivity index (χ1) is 9.52. The van der Waals surface area contributed by atoms with Crippen molar-refractivity contribution >= 4 is 5.69 Å². The number of para-hydroxylation sites is 1. The summed E-state index contributed by atoms with van der Waals surface area (Å²) in [4.78, 5) is 2.60. The largest absolute Gasteiger partial charge is 0.371 e. The SMILES string of the molecule is CCC1CCN(c2ccccc2C(C)(C)C)CCCN1. The van der Waals surface area contributed by atoms with Crippen LogP contribution in [0.5, 0.6) is 0 Å². The molecule has 1 saturated heterocycles. The van der Waals surface area contributed by atoms with Gasteiger partial charge in [-0.2, -0.15) is 0 Å². The fraction of sp³-hybridized carbons (Fsp3) is 0.667. The van der Waals surface area contributed by atoms with E-state index in [1.54, 1.807) is 0 Å². The summed E-state index contributed by atoms with van der Waals surface area (Å²) in [5, 5.41) is 3.66. The minimum atomic E-state index is 0.210. The van der Waals surface area contributed by atoms with Crippen LogP contribution in [0.4, 0.5) is 5.69 Å². The van der Waals surface area contributed by atoms with Crippen molar-refractivity contribution in [3.63, 3.8) is 0 Å². The van der Waals surface area contributed by atoms with Gasteiger partial charge in [-0.3, -0.25) is 0 Å². The molecule has 0 bridgehead atoms. The molecule has 1 aromatic rings. The standard InChI is InChI=1S/C18H30N2/c1-5-15-11-14-20(13-8-12-19-15)17-10-7-6-9-16(17)18(2,3)4/h6-7,9-10,15,19H,5,8,11-14H2,1-4H3. The van der Waals surface area contributed by atoms with Gasteiger partial charge in [-0.15, -0.1) is 0 Å². The van der Waals surface area contributed by atoms with Crippen molar-refractivity contribution in [1.29, 1.82) is 0 Å². The van der Waals surface area contributed by atoms with Crippen LogP contribution in [0.25, 0.3) is 0 Å². The molecule has 2 rings (SSSR count). The molecule has 20 heavy (non-hydrogen) atoms. The van der Waals surface area contributed by atoms with Crippen LogP contribution in [0.15, 0.2) is 24.3 Å². The average Bonchev–Trinajstić information content (AvgIpc) is 2.38. The van der Waals surface area contributed by atoms with E-state index in [1.807, 2.05) is 0 Å². The van der Waals surface area contributed by atoms with Gasteiger partial charge in [0, 0.05) is 24.8 Å². The molecular weight excluding hydrogens is 244 g/mol. The van der Waals surface area contributed by atoms with Gasteiger partial charge in [0.2, 0.25) is 0 Å². The number of hydrogen-bond acceptors (Lipinski definition) is 2. The van der Waals surface area contributed by atoms with Gasteiger partial charge < -0.3 is 10.2 Å². The Kier molecular flexibility index (Phi) is 5.09. The molecule has 2 nitrogen and oxygen atoms in total. The van der Waals surface area contributed by atoms with Crippen LogP contribution in [-0.2, 0) is 5.41 Å². The van der Waals surface area contributed by atoms with Crippen LogP contribution in [0.3, 0.4) is 0 Å². The van der Waals surface area contributed by atoms with Crippen molar-refractivity contribution in [3.8, 4) is 0 Å². The van der Waals surface area contributed by atoms with Crippen LogP contribution < -0.4 is 10.2 Å². The number of nitrogens with one attached hydrogen (secondary N) is 1. The summed E-state index contributed by atoms with van der Waals surface area (Å²) >= 11 is 0. The molecule has 0 aliphatic carbocycles. The smallest absolute Gasteiger partial charge is 0.0404 e. The molecule has 1 atom stereocenters. The van der Waals surface area contributed by atoms with Crippen LogP contribution in [-0.4, -0.2) is 25.7 Å². The van der Waals surface area contributed by atoms with E-state index < -0.39 is 0 Å². The van der Waals surface area contributed by atoms with Crippen LogP contribution in [0.1, 0.15) is 52.5 Å². The Hall–Kier alpha value is -1.02. The van der Waals surface area contributed by atoms with Gasteiger partial charge >= 0.3 is 0 Å². The van der Waals surface area contributed by atoms with Crippen molar-refractivity contribution in [2.75, 3.05) is 24.5 Å². The molecule has 0 spiro atoms. The maximum Gasteiger partial charge on any atom is 0.0404 e. The minimum absolute atomic E-state index is 0.210. The highest BCUT2D eigenvalue weighted by atomic mass is 15.1. The highest BCUT2D eigenvalue weighted by molar-refractivity contribution is 5.56. The van der Waals surface area contributed by atoms with Gasteiger partial charge in [0.05, 0.1) is 0 Å². The van der Waals surface area contributed by atoms with Gasteiger partial charge in [0.25, 0.3) is 0 Å². The minimum Gasteiger partial charge on any atom is -0.371 e. The van der Waals surface area contributed by atoms with Gasteiger partial charge in [0.15, 0.2) is 0 Å². The van der Waals surface area contributed by atoms with Crippen molar-refractivity contribution in [1.82, 2.24) is 5.32 Å². The van der Waals surface area contributed by atoms with Crippen LogP contribution in [0, 0.1) is 0 Å². The highest BCUT2D eigenvalue weighted by Gasteiger charge is 2.22. The van der Waals surface area contributed by atoms with E-state index in [9.17, 15) is 0 Å². The molecule has 0 radical (unpaired) electrons. The zero-order chi connectivity index (χ0) is 14.6. The van der Waals surface area contributed by atoms with Gasteiger partial charge in [-0.05, 0) is 42.9 Å². The van der Waals surface area contributed by atoms with E-state index in [1.165, 1.54) is 37.1 Å². The number of anilines is 1. The summed E-state index contributed by atoms with van der Waals surface area (Å²) in [6.45, 7) is 12.7. The summed E-state index contributed by atoms with van der Waals surface area (Å²) in [5.74, 6) is 0. The van der Waals surface area contributed by atoms with E-state index in [0.717, 1.165) is 13.1 Å². The highest BCUT2D eigenvalue weighted by Crippen LogP contribution is 2.32. The molecule has 1 heterocycles. The molecule has 1 N–H and O–H groups in total. The van der Waals surface area contributed by atoms with Gasteiger partial charge in [-0.25, -0.2) is 0 Å². The second kappa shape index (κ2) is 6.62. The third-order valence-electron chi connectivity index (χ3n) is 4.33. The van der Waals surface area contributed by atoms with Crippen molar-refractivity contribution in [3.05, 3.63) is 29.8 Å². The first-order valence-electron chi connectivity index (χ1n) is 8.10. The predicted molar refractivity (Wildman–Crippen MR) is 88.7 cm³/mol. The van der Waals surface area contributed by atoms with E-state index in [0.29, 0.717) is 6.04 Å². The van der Waals surface area contributed by atoms with E-state index in [4.69, 9.17) is 0 Å². The Labute approximate surface area is 124 Å². The molecule has 0 amide bonds. The zero-order valence-electron chi connectivity index (χ0n) is 13.6. The molecule has 1 unspecified atom stereocenters. The summed E-state index contributed by atoms with van der Waals surface area (Å²) in [5.41, 5.74) is 3.12. The molecular formula is C18H30N2. The monoisotopic (exact) mass is 274 g/mol. The van der Waals surface area contributed by atoms with Crippen molar-refractivity contribution in [2.45, 2.75) is 58.4 Å². The Bertz CT molecular complexity index is 420. The summed E-state index contributed by atoms with van der Waals surface area (Å²) in [7, 11) is 0. The molecule has 112 valence electrons. The third kappa shape index (κ3) is 3.76. The fourth-order valence-corrected chi connectivity index (χ4v) is 3.07. The number of benzene rings is 1. The number of nitrogens with zero attached hydrogens (tertiary/aromatic N) is 1. The maximum atomic E-state index is 3.66. The topological polar surface area (TPSA) is 15.3 Å². The molecule has 1 aliphatic heterocycles. The Morgan fingerprint density at radius 2 is 1.95 bits per heavy atom. The maximum absolute atomic E-state index is 3.66. The molecule has 1 fully saturated rings. The van der Waals surface area contributed by atoms with E-state index >= 15 is 0 Å². The Balaban J connectivity index is 2.21. The lowest BCUT2D eigenvalue weighted by atomic mass is 9.85. The summed E-state index contributed by atoms with van der Waals surface area (Å²) < 4.78 is 0. The lowest BCUT2D eigenvalue weighted by molar-refractivity contribution is 0.438. The fourth-order valence-electron chi connectivity index (χ4n) is 3.07. The molecule has 1 aliphatic rings. The lowest BCUT2D eigenvalue weighted by Gasteiger charge is -2.34. The number of hydrogen-bond donors (Lipinski definition) is 1. The Morgan fingerprint density at radius 3 is 2.65 bits per heavy atom. The predicted octanol–water partition coefficient (Wildman–Crippen LogP) is 3.95. The van der Waals surface area contributed by atoms with Crippen molar-refractivity contribution in [2.24, 2.45) is 0 Å². The Morgan fingerprint density at radius 1 is 1.20 bits per heavy atom. The molecule has 2 heteroatoms. The third-order valence-corrected chi connectivity index (χ3v) is 4.33. The summed E-state index contributed by atoms with van der Waals surface area (Å²) in [6, 6.07) is 9.63. The normalized spacial score (nSPS) is 21.4. The molecule has 1 aromatic carbocycles. The average molecular weight is 274 g/mol. The second-order valence-electron chi connectivity index (χ2n) is 6.96. The van der Waals surface area contributed by atoms with Crippen molar-refractivity contribution < 1.29 is 0 Å². The molecule has 0 aromatic heterocycles.